The number of hydrogen-bond acceptors (Lipinski definition) is 2. The molecule has 0 atom stereocenters. The van der Waals surface area contributed by atoms with Crippen LogP contribution in [-0.2, 0) is 10.1 Å². The Morgan fingerprint density at radius 3 is 1.54 bits per heavy atom. The normalized spacial score (nSPS) is 11.1. The van der Waals surface area contributed by atoms with E-state index in [1.807, 2.05) is 60.7 Å². The van der Waals surface area contributed by atoms with Crippen LogP contribution in [0.5, 0.6) is 0 Å². The fourth-order valence-electron chi connectivity index (χ4n) is 2.80. The lowest BCUT2D eigenvalue weighted by atomic mass is 9.85. The van der Waals surface area contributed by atoms with Crippen molar-refractivity contribution in [2.24, 2.45) is 0 Å². The van der Waals surface area contributed by atoms with Gasteiger partial charge in [-0.05, 0) is 22.8 Å². The molecular formula is C19H17IO3S. The van der Waals surface area contributed by atoms with Crippen LogP contribution in [-0.4, -0.2) is 13.0 Å². The lowest BCUT2D eigenvalue weighted by molar-refractivity contribution is 0.482. The van der Waals surface area contributed by atoms with Crippen LogP contribution in [0.1, 0.15) is 22.6 Å². The Labute approximate surface area is 159 Å². The van der Waals surface area contributed by atoms with Crippen molar-refractivity contribution in [3.63, 3.8) is 0 Å². The van der Waals surface area contributed by atoms with E-state index in [1.165, 1.54) is 6.07 Å². The fourth-order valence-corrected chi connectivity index (χ4v) is 3.53. The van der Waals surface area contributed by atoms with E-state index in [0.29, 0.717) is 5.56 Å². The molecule has 3 aromatic carbocycles. The largest absolute Gasteiger partial charge is 0.294 e. The average Bonchev–Trinajstić information content (AvgIpc) is 2.57. The Balaban J connectivity index is 0.00000208. The molecule has 3 rings (SSSR count). The van der Waals surface area contributed by atoms with Crippen molar-refractivity contribution in [3.8, 4) is 0 Å². The maximum absolute atomic E-state index is 11.8. The number of halogens is 1. The number of hydrogen-bond donors (Lipinski definition) is 1. The second kappa shape index (κ2) is 7.92. The second-order valence-electron chi connectivity index (χ2n) is 5.27. The first-order chi connectivity index (χ1) is 11.1. The van der Waals surface area contributed by atoms with Crippen molar-refractivity contribution in [2.45, 2.75) is 10.8 Å². The van der Waals surface area contributed by atoms with Gasteiger partial charge in [0.05, 0.1) is 4.90 Å². The van der Waals surface area contributed by atoms with Gasteiger partial charge >= 0.3 is 0 Å². The zero-order valence-corrected chi connectivity index (χ0v) is 15.9. The van der Waals surface area contributed by atoms with Crippen molar-refractivity contribution >= 4 is 34.1 Å². The zero-order valence-electron chi connectivity index (χ0n) is 12.7. The molecule has 5 heteroatoms. The second-order valence-corrected chi connectivity index (χ2v) is 6.66. The molecule has 0 saturated carbocycles. The molecule has 0 saturated heterocycles. The van der Waals surface area contributed by atoms with E-state index in [2.05, 4.69) is 0 Å². The van der Waals surface area contributed by atoms with E-state index in [9.17, 15) is 13.0 Å². The Bertz CT molecular complexity index is 855. The van der Waals surface area contributed by atoms with Gasteiger partial charge in [0.15, 0.2) is 0 Å². The van der Waals surface area contributed by atoms with Crippen LogP contribution in [0.4, 0.5) is 0 Å². The summed E-state index contributed by atoms with van der Waals surface area (Å²) in [6, 6.07) is 25.9. The first-order valence-corrected chi connectivity index (χ1v) is 8.67. The van der Waals surface area contributed by atoms with Gasteiger partial charge in [0.25, 0.3) is 10.1 Å². The number of benzene rings is 3. The monoisotopic (exact) mass is 452 g/mol. The van der Waals surface area contributed by atoms with E-state index >= 15 is 0 Å². The van der Waals surface area contributed by atoms with Crippen LogP contribution in [0.3, 0.4) is 0 Å². The van der Waals surface area contributed by atoms with E-state index in [-0.39, 0.29) is 34.8 Å². The van der Waals surface area contributed by atoms with Crippen molar-refractivity contribution < 1.29 is 13.0 Å². The van der Waals surface area contributed by atoms with Crippen LogP contribution >= 0.6 is 24.0 Å². The molecule has 124 valence electrons. The summed E-state index contributed by atoms with van der Waals surface area (Å²) < 4.78 is 33.1. The molecule has 0 radical (unpaired) electrons. The molecule has 0 unspecified atom stereocenters. The zero-order chi connectivity index (χ0) is 16.3. The molecule has 0 amide bonds. The first kappa shape index (κ1) is 18.6. The van der Waals surface area contributed by atoms with Gasteiger partial charge in [-0.15, -0.1) is 24.0 Å². The maximum atomic E-state index is 11.8. The molecule has 0 aliphatic rings. The van der Waals surface area contributed by atoms with Gasteiger partial charge < -0.3 is 0 Å². The van der Waals surface area contributed by atoms with Gasteiger partial charge in [-0.2, -0.15) is 8.42 Å². The smallest absolute Gasteiger partial charge is 0.282 e. The molecule has 24 heavy (non-hydrogen) atoms. The first-order valence-electron chi connectivity index (χ1n) is 7.23. The lowest BCUT2D eigenvalue weighted by Gasteiger charge is -2.20. The van der Waals surface area contributed by atoms with Crippen molar-refractivity contribution in [1.29, 1.82) is 0 Å². The summed E-state index contributed by atoms with van der Waals surface area (Å²) in [5.41, 5.74) is 2.50. The minimum absolute atomic E-state index is 0. The predicted octanol–water partition coefficient (Wildman–Crippen LogP) is 4.73. The third-order valence-corrected chi connectivity index (χ3v) is 4.70. The van der Waals surface area contributed by atoms with Crippen LogP contribution in [0.15, 0.2) is 89.8 Å². The highest BCUT2D eigenvalue weighted by molar-refractivity contribution is 14.0. The van der Waals surface area contributed by atoms with Gasteiger partial charge in [0, 0.05) is 5.92 Å². The molecule has 3 nitrogen and oxygen atoms in total. The molecule has 0 fully saturated rings. The fraction of sp³-hybridized carbons (Fsp3) is 0.0526. The Morgan fingerprint density at radius 2 is 1.08 bits per heavy atom. The van der Waals surface area contributed by atoms with E-state index in [4.69, 9.17) is 0 Å². The average molecular weight is 452 g/mol. The lowest BCUT2D eigenvalue weighted by Crippen LogP contribution is -2.10. The minimum atomic E-state index is -4.29. The van der Waals surface area contributed by atoms with E-state index < -0.39 is 10.1 Å². The summed E-state index contributed by atoms with van der Waals surface area (Å²) in [7, 11) is -4.29. The predicted molar refractivity (Wildman–Crippen MR) is 106 cm³/mol. The van der Waals surface area contributed by atoms with E-state index in [0.717, 1.165) is 11.1 Å². The van der Waals surface area contributed by atoms with Gasteiger partial charge in [0.2, 0.25) is 0 Å². The Kier molecular flexibility index (Phi) is 6.15. The molecule has 0 aliphatic heterocycles. The van der Waals surface area contributed by atoms with Crippen molar-refractivity contribution in [1.82, 2.24) is 0 Å². The third kappa shape index (κ3) is 4.03. The van der Waals surface area contributed by atoms with Gasteiger partial charge in [0.1, 0.15) is 0 Å². The molecule has 0 heterocycles. The van der Waals surface area contributed by atoms with Crippen molar-refractivity contribution in [3.05, 3.63) is 102 Å². The summed E-state index contributed by atoms with van der Waals surface area (Å²) in [6.07, 6.45) is 0. The van der Waals surface area contributed by atoms with Crippen molar-refractivity contribution in [2.75, 3.05) is 0 Å². The number of rotatable bonds is 4. The summed E-state index contributed by atoms with van der Waals surface area (Å²) in [5.74, 6) is -0.268. The van der Waals surface area contributed by atoms with Gasteiger partial charge in [-0.3, -0.25) is 4.55 Å². The molecule has 0 aromatic heterocycles. The van der Waals surface area contributed by atoms with Crippen LogP contribution in [0, 0.1) is 0 Å². The highest BCUT2D eigenvalue weighted by atomic mass is 127. The van der Waals surface area contributed by atoms with Gasteiger partial charge in [-0.1, -0.05) is 78.9 Å². The minimum Gasteiger partial charge on any atom is -0.282 e. The summed E-state index contributed by atoms with van der Waals surface area (Å²) in [6.45, 7) is 0. The third-order valence-electron chi connectivity index (χ3n) is 3.77. The van der Waals surface area contributed by atoms with E-state index in [1.54, 1.807) is 18.2 Å². The summed E-state index contributed by atoms with van der Waals surface area (Å²) in [4.78, 5) is -0.0577. The summed E-state index contributed by atoms with van der Waals surface area (Å²) >= 11 is 0. The summed E-state index contributed by atoms with van der Waals surface area (Å²) in [5, 5.41) is 0. The van der Waals surface area contributed by atoms with Crippen LogP contribution < -0.4 is 0 Å². The molecule has 1 N–H and O–H groups in total. The standard InChI is InChI=1S/C19H16O3S.HI/c20-23(21,22)18-14-8-7-13-17(18)19(15-9-3-1-4-10-15)16-11-5-2-6-12-16;/h1-14,19H,(H,20,21,22);1H. The maximum Gasteiger partial charge on any atom is 0.294 e. The molecule has 0 aliphatic carbocycles. The van der Waals surface area contributed by atoms with Gasteiger partial charge in [-0.25, -0.2) is 0 Å². The molecule has 3 aromatic rings. The Hall–Kier alpha value is -1.70. The topological polar surface area (TPSA) is 54.4 Å². The highest BCUT2D eigenvalue weighted by Crippen LogP contribution is 2.35. The molecule has 0 spiro atoms. The van der Waals surface area contributed by atoms with Crippen LogP contribution in [0.2, 0.25) is 0 Å². The Morgan fingerprint density at radius 1 is 0.667 bits per heavy atom. The molecule has 0 bridgehead atoms. The van der Waals surface area contributed by atoms with Crippen LogP contribution in [0.25, 0.3) is 0 Å². The highest BCUT2D eigenvalue weighted by Gasteiger charge is 2.24. The molecular weight excluding hydrogens is 435 g/mol. The SMILES string of the molecule is I.O=S(=O)(O)c1ccccc1C(c1ccccc1)c1ccccc1. The quantitative estimate of drug-likeness (QED) is 0.354.